The van der Waals surface area contributed by atoms with E-state index in [1.54, 1.807) is 6.07 Å². The summed E-state index contributed by atoms with van der Waals surface area (Å²) in [5.41, 5.74) is 0.470. The molecule has 0 unspecified atom stereocenters. The van der Waals surface area contributed by atoms with Gasteiger partial charge in [0, 0.05) is 11.0 Å². The normalized spacial score (nSPS) is 11.6. The van der Waals surface area contributed by atoms with E-state index in [0.29, 0.717) is 10.0 Å². The fourth-order valence-electron chi connectivity index (χ4n) is 2.02. The molecule has 134 valence electrons. The van der Waals surface area contributed by atoms with Crippen molar-refractivity contribution in [3.05, 3.63) is 64.1 Å². The van der Waals surface area contributed by atoms with E-state index in [1.165, 1.54) is 36.4 Å². The van der Waals surface area contributed by atoms with Crippen molar-refractivity contribution in [1.29, 1.82) is 0 Å². The summed E-state index contributed by atoms with van der Waals surface area (Å²) in [5, 5.41) is 2.33. The second-order valence-corrected chi connectivity index (χ2v) is 8.23. The molecule has 0 aliphatic carbocycles. The van der Waals surface area contributed by atoms with Crippen LogP contribution in [0.1, 0.15) is 5.56 Å². The number of anilines is 1. The molecule has 0 spiro atoms. The average Bonchev–Trinajstić information content (AvgIpc) is 2.50. The first kappa shape index (κ1) is 19.5. The molecule has 0 aromatic heterocycles. The second kappa shape index (κ2) is 8.03. The zero-order valence-electron chi connectivity index (χ0n) is 13.2. The number of halogens is 3. The van der Waals surface area contributed by atoms with Crippen molar-refractivity contribution in [2.45, 2.75) is 6.54 Å². The van der Waals surface area contributed by atoms with Crippen LogP contribution in [0.2, 0.25) is 0 Å². The molecule has 2 aromatic carbocycles. The Hall–Kier alpha value is -1.84. The summed E-state index contributed by atoms with van der Waals surface area (Å²) in [6, 6.07) is 9.36. The average molecular weight is 433 g/mol. The summed E-state index contributed by atoms with van der Waals surface area (Å²) in [6.07, 6.45) is 0.962. The molecule has 0 aliphatic heterocycles. The Morgan fingerprint density at radius 1 is 1.16 bits per heavy atom. The molecule has 0 bridgehead atoms. The summed E-state index contributed by atoms with van der Waals surface area (Å²) in [7, 11) is -3.70. The van der Waals surface area contributed by atoms with Gasteiger partial charge in [-0.3, -0.25) is 4.79 Å². The summed E-state index contributed by atoms with van der Waals surface area (Å²) in [6.45, 7) is -0.596. The van der Waals surface area contributed by atoms with Crippen LogP contribution in [0.15, 0.2) is 46.9 Å². The van der Waals surface area contributed by atoms with Gasteiger partial charge < -0.3 is 5.32 Å². The largest absolute Gasteiger partial charge is 0.322 e. The number of carbonyl (C=O) groups is 1. The molecule has 25 heavy (non-hydrogen) atoms. The van der Waals surface area contributed by atoms with E-state index in [9.17, 15) is 22.0 Å². The van der Waals surface area contributed by atoms with E-state index in [4.69, 9.17) is 0 Å². The fraction of sp³-hybridized carbons (Fsp3) is 0.188. The Balaban J connectivity index is 2.11. The summed E-state index contributed by atoms with van der Waals surface area (Å²) in [5.74, 6) is -1.78. The number of hydrogen-bond donors (Lipinski definition) is 1. The van der Waals surface area contributed by atoms with E-state index in [0.717, 1.165) is 10.6 Å². The van der Waals surface area contributed by atoms with E-state index in [1.807, 2.05) is 0 Å². The minimum absolute atomic E-state index is 0.0524. The number of nitrogens with one attached hydrogen (secondary N) is 1. The minimum Gasteiger partial charge on any atom is -0.322 e. The van der Waals surface area contributed by atoms with Gasteiger partial charge in [0.1, 0.15) is 11.6 Å². The predicted molar refractivity (Wildman–Crippen MR) is 94.4 cm³/mol. The Morgan fingerprint density at radius 3 is 2.36 bits per heavy atom. The molecule has 0 heterocycles. The Labute approximate surface area is 152 Å². The van der Waals surface area contributed by atoms with Crippen molar-refractivity contribution in [3.8, 4) is 0 Å². The lowest BCUT2D eigenvalue weighted by atomic mass is 10.2. The number of benzene rings is 2. The van der Waals surface area contributed by atoms with Gasteiger partial charge in [0.15, 0.2) is 0 Å². The van der Waals surface area contributed by atoms with Crippen molar-refractivity contribution in [1.82, 2.24) is 4.31 Å². The highest BCUT2D eigenvalue weighted by molar-refractivity contribution is 9.10. The standard InChI is InChI=1S/C16H15BrF2N2O3S/c1-25(23,24)21(9-11-2-5-13(18)6-3-11)10-16(22)20-15-7-4-12(17)8-14(15)19/h2-8H,9-10H2,1H3,(H,20,22). The lowest BCUT2D eigenvalue weighted by Crippen LogP contribution is -2.37. The molecular weight excluding hydrogens is 418 g/mol. The first-order chi connectivity index (χ1) is 11.6. The molecule has 2 rings (SSSR count). The Morgan fingerprint density at radius 2 is 1.80 bits per heavy atom. The third-order valence-electron chi connectivity index (χ3n) is 3.27. The molecule has 0 aliphatic rings. The van der Waals surface area contributed by atoms with Crippen LogP contribution < -0.4 is 5.32 Å². The fourth-order valence-corrected chi connectivity index (χ4v) is 3.09. The minimum atomic E-state index is -3.70. The number of sulfonamides is 1. The van der Waals surface area contributed by atoms with Crippen molar-refractivity contribution < 1.29 is 22.0 Å². The van der Waals surface area contributed by atoms with Crippen LogP contribution >= 0.6 is 15.9 Å². The molecule has 0 fully saturated rings. The molecule has 0 saturated carbocycles. The van der Waals surface area contributed by atoms with Crippen LogP contribution in [-0.2, 0) is 21.4 Å². The predicted octanol–water partition coefficient (Wildman–Crippen LogP) is 3.13. The smallest absolute Gasteiger partial charge is 0.239 e. The van der Waals surface area contributed by atoms with Crippen LogP contribution in [0.25, 0.3) is 0 Å². The topological polar surface area (TPSA) is 66.5 Å². The molecule has 0 atom stereocenters. The highest BCUT2D eigenvalue weighted by Gasteiger charge is 2.21. The van der Waals surface area contributed by atoms with Gasteiger partial charge in [-0.25, -0.2) is 17.2 Å². The maximum Gasteiger partial charge on any atom is 0.239 e. The summed E-state index contributed by atoms with van der Waals surface area (Å²) >= 11 is 3.10. The second-order valence-electron chi connectivity index (χ2n) is 5.33. The van der Waals surface area contributed by atoms with E-state index >= 15 is 0 Å². The van der Waals surface area contributed by atoms with Gasteiger partial charge in [0.25, 0.3) is 0 Å². The van der Waals surface area contributed by atoms with E-state index in [2.05, 4.69) is 21.2 Å². The molecule has 0 saturated heterocycles. The lowest BCUT2D eigenvalue weighted by Gasteiger charge is -2.19. The third-order valence-corrected chi connectivity index (χ3v) is 4.96. The molecule has 9 heteroatoms. The SMILES string of the molecule is CS(=O)(=O)N(CC(=O)Nc1ccc(Br)cc1F)Cc1ccc(F)cc1. The lowest BCUT2D eigenvalue weighted by molar-refractivity contribution is -0.116. The number of nitrogens with zero attached hydrogens (tertiary/aromatic N) is 1. The summed E-state index contributed by atoms with van der Waals surface area (Å²) in [4.78, 5) is 12.1. The molecule has 1 amide bonds. The monoisotopic (exact) mass is 432 g/mol. The van der Waals surface area contributed by atoms with Gasteiger partial charge >= 0.3 is 0 Å². The van der Waals surface area contributed by atoms with Gasteiger partial charge in [0.05, 0.1) is 18.5 Å². The molecule has 1 N–H and O–H groups in total. The van der Waals surface area contributed by atoms with E-state index < -0.39 is 34.1 Å². The van der Waals surface area contributed by atoms with Crippen LogP contribution in [0, 0.1) is 11.6 Å². The molecule has 5 nitrogen and oxygen atoms in total. The van der Waals surface area contributed by atoms with Crippen LogP contribution in [-0.4, -0.2) is 31.4 Å². The highest BCUT2D eigenvalue weighted by Crippen LogP contribution is 2.19. The Bertz CT molecular complexity index is 873. The van der Waals surface area contributed by atoms with Crippen LogP contribution in [0.3, 0.4) is 0 Å². The summed E-state index contributed by atoms with van der Waals surface area (Å²) < 4.78 is 51.9. The van der Waals surface area contributed by atoms with Gasteiger partial charge in [-0.15, -0.1) is 0 Å². The third kappa shape index (κ3) is 5.87. The maximum absolute atomic E-state index is 13.8. The number of carbonyl (C=O) groups excluding carboxylic acids is 1. The number of amides is 1. The quantitative estimate of drug-likeness (QED) is 0.762. The zero-order valence-corrected chi connectivity index (χ0v) is 15.6. The zero-order chi connectivity index (χ0) is 18.6. The molecule has 2 aromatic rings. The molecule has 0 radical (unpaired) electrons. The Kier molecular flexibility index (Phi) is 6.26. The van der Waals surface area contributed by atoms with Gasteiger partial charge in [-0.2, -0.15) is 4.31 Å². The number of rotatable bonds is 6. The van der Waals surface area contributed by atoms with Gasteiger partial charge in [0.2, 0.25) is 15.9 Å². The van der Waals surface area contributed by atoms with Crippen molar-refractivity contribution in [2.24, 2.45) is 0 Å². The van der Waals surface area contributed by atoms with Crippen molar-refractivity contribution in [3.63, 3.8) is 0 Å². The van der Waals surface area contributed by atoms with Crippen LogP contribution in [0.5, 0.6) is 0 Å². The maximum atomic E-state index is 13.8. The van der Waals surface area contributed by atoms with Gasteiger partial charge in [-0.05, 0) is 35.9 Å². The first-order valence-corrected chi connectivity index (χ1v) is 9.74. The van der Waals surface area contributed by atoms with Crippen molar-refractivity contribution in [2.75, 3.05) is 18.1 Å². The molecular formula is C16H15BrF2N2O3S. The van der Waals surface area contributed by atoms with Crippen LogP contribution in [0.4, 0.5) is 14.5 Å². The first-order valence-electron chi connectivity index (χ1n) is 7.09. The van der Waals surface area contributed by atoms with Crippen molar-refractivity contribution >= 4 is 37.5 Å². The van der Waals surface area contributed by atoms with Gasteiger partial charge in [-0.1, -0.05) is 28.1 Å². The highest BCUT2D eigenvalue weighted by atomic mass is 79.9. The van der Waals surface area contributed by atoms with E-state index in [-0.39, 0.29) is 12.2 Å². The number of hydrogen-bond acceptors (Lipinski definition) is 3.